The Hall–Kier alpha value is -2.79. The number of rotatable bonds is 5. The van der Waals surface area contributed by atoms with Crippen molar-refractivity contribution in [3.63, 3.8) is 0 Å². The summed E-state index contributed by atoms with van der Waals surface area (Å²) >= 11 is 7.57. The van der Waals surface area contributed by atoms with Crippen LogP contribution in [0.2, 0.25) is 5.15 Å². The molecule has 2 aliphatic heterocycles. The molecule has 0 spiro atoms. The smallest absolute Gasteiger partial charge is 0.318 e. The van der Waals surface area contributed by atoms with Crippen LogP contribution in [0.5, 0.6) is 0 Å². The zero-order valence-corrected chi connectivity index (χ0v) is 23.9. The average molecular weight is 564 g/mol. The summed E-state index contributed by atoms with van der Waals surface area (Å²) in [5, 5.41) is 3.77. The number of carbonyl (C=O) groups is 2. The maximum Gasteiger partial charge on any atom is 0.318 e. The van der Waals surface area contributed by atoms with Crippen molar-refractivity contribution in [1.29, 1.82) is 0 Å². The molecule has 1 atom stereocenters. The summed E-state index contributed by atoms with van der Waals surface area (Å²) in [6.45, 7) is 11.9. The molecule has 3 amide bonds. The Balaban J connectivity index is 1.30. The molecule has 1 aromatic heterocycles. The van der Waals surface area contributed by atoms with Gasteiger partial charge in [0.05, 0.1) is 11.4 Å². The normalized spacial score (nSPS) is 18.5. The maximum atomic E-state index is 14.1. The van der Waals surface area contributed by atoms with E-state index in [-0.39, 0.29) is 35.1 Å². The molecule has 9 nitrogen and oxygen atoms in total. The lowest BCUT2D eigenvalue weighted by molar-refractivity contribution is -0.128. The molecule has 4 rings (SSSR count). The molecule has 1 aromatic carbocycles. The van der Waals surface area contributed by atoms with Gasteiger partial charge in [0, 0.05) is 63.5 Å². The van der Waals surface area contributed by atoms with Crippen LogP contribution < -0.4 is 15.1 Å². The van der Waals surface area contributed by atoms with Crippen LogP contribution in [0.15, 0.2) is 35.5 Å². The third-order valence-electron chi connectivity index (χ3n) is 6.51. The van der Waals surface area contributed by atoms with Crippen molar-refractivity contribution < 1.29 is 14.0 Å². The SMILES string of the molecule is C[C@H]1CN(c2cc(Cl)nc(SCC(=O)N3CCN(c4ccccc4F)CC3)n2)CCN1C(=O)NC(C)(C)C. The van der Waals surface area contributed by atoms with Crippen LogP contribution in [0.3, 0.4) is 0 Å². The first-order valence-corrected chi connectivity index (χ1v) is 14.1. The second-order valence-corrected chi connectivity index (χ2v) is 11.9. The number of carbonyl (C=O) groups excluding carboxylic acids is 2. The van der Waals surface area contributed by atoms with Gasteiger partial charge in [0.15, 0.2) is 5.16 Å². The Morgan fingerprint density at radius 2 is 1.76 bits per heavy atom. The molecular formula is C26H35ClFN7O2S. The predicted molar refractivity (Wildman–Crippen MR) is 150 cm³/mol. The lowest BCUT2D eigenvalue weighted by Gasteiger charge is -2.41. The van der Waals surface area contributed by atoms with Gasteiger partial charge in [0.1, 0.15) is 16.8 Å². The third-order valence-corrected chi connectivity index (χ3v) is 7.53. The number of thioether (sulfide) groups is 1. The Bertz CT molecular complexity index is 1160. The highest BCUT2D eigenvalue weighted by molar-refractivity contribution is 7.99. The number of anilines is 2. The van der Waals surface area contributed by atoms with Gasteiger partial charge in [-0.05, 0) is 39.8 Å². The standard InChI is InChI=1S/C26H35ClFN7O2S/c1-18-16-34(13-14-35(18)25(37)31-26(2,3)4)22-15-21(27)29-24(30-22)38-17-23(36)33-11-9-32(10-12-33)20-8-6-5-7-19(20)28/h5-8,15,18H,9-14,16-17H2,1-4H3,(H,31,37)/t18-/m0/s1. The molecular weight excluding hydrogens is 529 g/mol. The quantitative estimate of drug-likeness (QED) is 0.337. The highest BCUT2D eigenvalue weighted by Gasteiger charge is 2.30. The van der Waals surface area contributed by atoms with Crippen molar-refractivity contribution >= 4 is 46.8 Å². The molecule has 2 saturated heterocycles. The second kappa shape index (κ2) is 11.9. The van der Waals surface area contributed by atoms with E-state index in [1.807, 2.05) is 43.6 Å². The van der Waals surface area contributed by atoms with Crippen molar-refractivity contribution in [3.05, 3.63) is 41.3 Å². The molecule has 206 valence electrons. The van der Waals surface area contributed by atoms with Gasteiger partial charge in [0.2, 0.25) is 5.91 Å². The van der Waals surface area contributed by atoms with Crippen LogP contribution in [0, 0.1) is 5.82 Å². The van der Waals surface area contributed by atoms with Crippen LogP contribution in [0.1, 0.15) is 27.7 Å². The van der Waals surface area contributed by atoms with Crippen molar-refractivity contribution in [2.24, 2.45) is 0 Å². The van der Waals surface area contributed by atoms with E-state index in [4.69, 9.17) is 11.6 Å². The average Bonchev–Trinajstić information content (AvgIpc) is 2.86. The molecule has 0 bridgehead atoms. The Morgan fingerprint density at radius 1 is 1.08 bits per heavy atom. The number of aromatic nitrogens is 2. The number of piperazine rings is 2. The Kier molecular flexibility index (Phi) is 8.87. The molecule has 0 aliphatic carbocycles. The summed E-state index contributed by atoms with van der Waals surface area (Å²) in [6.07, 6.45) is 0. The molecule has 0 unspecified atom stereocenters. The number of para-hydroxylation sites is 1. The maximum absolute atomic E-state index is 14.1. The van der Waals surface area contributed by atoms with E-state index in [0.29, 0.717) is 67.6 Å². The van der Waals surface area contributed by atoms with E-state index in [9.17, 15) is 14.0 Å². The number of nitrogens with one attached hydrogen (secondary N) is 1. The van der Waals surface area contributed by atoms with Crippen molar-refractivity contribution in [2.45, 2.75) is 44.4 Å². The summed E-state index contributed by atoms with van der Waals surface area (Å²) in [5.74, 6) is 0.610. The van der Waals surface area contributed by atoms with Gasteiger partial charge in [-0.25, -0.2) is 19.2 Å². The summed E-state index contributed by atoms with van der Waals surface area (Å²) in [7, 11) is 0. The fourth-order valence-electron chi connectivity index (χ4n) is 4.59. The monoisotopic (exact) mass is 563 g/mol. The van der Waals surface area contributed by atoms with E-state index < -0.39 is 0 Å². The van der Waals surface area contributed by atoms with Gasteiger partial charge in [-0.2, -0.15) is 0 Å². The van der Waals surface area contributed by atoms with Crippen LogP contribution in [-0.4, -0.2) is 94.9 Å². The molecule has 0 radical (unpaired) electrons. The fraction of sp³-hybridized carbons (Fsp3) is 0.538. The van der Waals surface area contributed by atoms with Crippen molar-refractivity contribution in [2.75, 3.05) is 61.4 Å². The van der Waals surface area contributed by atoms with Crippen LogP contribution in [0.25, 0.3) is 0 Å². The molecule has 2 aromatic rings. The lowest BCUT2D eigenvalue weighted by atomic mass is 10.1. The first-order valence-electron chi connectivity index (χ1n) is 12.8. The Labute approximate surface area is 232 Å². The first kappa shape index (κ1) is 28.2. The molecule has 1 N–H and O–H groups in total. The van der Waals surface area contributed by atoms with E-state index in [1.165, 1.54) is 17.8 Å². The summed E-state index contributed by atoms with van der Waals surface area (Å²) in [6, 6.07) is 8.33. The van der Waals surface area contributed by atoms with Crippen LogP contribution in [0.4, 0.5) is 20.7 Å². The Morgan fingerprint density at radius 3 is 2.42 bits per heavy atom. The largest absolute Gasteiger partial charge is 0.366 e. The second-order valence-electron chi connectivity index (χ2n) is 10.6. The molecule has 12 heteroatoms. The van der Waals surface area contributed by atoms with Gasteiger partial charge < -0.3 is 24.9 Å². The highest BCUT2D eigenvalue weighted by atomic mass is 35.5. The minimum absolute atomic E-state index is 0.0134. The zero-order chi connectivity index (χ0) is 27.4. The molecule has 2 aliphatic rings. The number of amides is 3. The summed E-state index contributed by atoms with van der Waals surface area (Å²) in [5.41, 5.74) is 0.268. The number of halogens is 2. The summed E-state index contributed by atoms with van der Waals surface area (Å²) < 4.78 is 14.1. The van der Waals surface area contributed by atoms with E-state index in [1.54, 1.807) is 23.1 Å². The number of benzene rings is 1. The first-order chi connectivity index (χ1) is 18.0. The number of hydrogen-bond acceptors (Lipinski definition) is 7. The van der Waals surface area contributed by atoms with E-state index in [0.717, 1.165) is 0 Å². The molecule has 0 saturated carbocycles. The summed E-state index contributed by atoms with van der Waals surface area (Å²) in [4.78, 5) is 42.2. The zero-order valence-electron chi connectivity index (χ0n) is 22.3. The molecule has 38 heavy (non-hydrogen) atoms. The molecule has 3 heterocycles. The van der Waals surface area contributed by atoms with Crippen molar-refractivity contribution in [3.8, 4) is 0 Å². The minimum Gasteiger partial charge on any atom is -0.366 e. The number of urea groups is 1. The van der Waals surface area contributed by atoms with Gasteiger partial charge in [-0.3, -0.25) is 4.79 Å². The fourth-order valence-corrected chi connectivity index (χ4v) is 5.58. The minimum atomic E-state index is -0.301. The number of nitrogens with zero attached hydrogens (tertiary/aromatic N) is 6. The topological polar surface area (TPSA) is 84.9 Å². The van der Waals surface area contributed by atoms with Crippen LogP contribution in [-0.2, 0) is 4.79 Å². The highest BCUT2D eigenvalue weighted by Crippen LogP contribution is 2.25. The number of hydrogen-bond donors (Lipinski definition) is 1. The third kappa shape index (κ3) is 7.19. The lowest BCUT2D eigenvalue weighted by Crippen LogP contribution is -2.59. The van der Waals surface area contributed by atoms with Crippen molar-refractivity contribution in [1.82, 2.24) is 25.1 Å². The molecule has 2 fully saturated rings. The van der Waals surface area contributed by atoms with Gasteiger partial charge in [-0.15, -0.1) is 0 Å². The van der Waals surface area contributed by atoms with E-state index >= 15 is 0 Å². The van der Waals surface area contributed by atoms with Gasteiger partial charge >= 0.3 is 6.03 Å². The van der Waals surface area contributed by atoms with Gasteiger partial charge in [0.25, 0.3) is 0 Å². The van der Waals surface area contributed by atoms with Gasteiger partial charge in [-0.1, -0.05) is 35.5 Å². The van der Waals surface area contributed by atoms with Crippen LogP contribution >= 0.6 is 23.4 Å². The predicted octanol–water partition coefficient (Wildman–Crippen LogP) is 3.73. The van der Waals surface area contributed by atoms with E-state index in [2.05, 4.69) is 20.2 Å².